The van der Waals surface area contributed by atoms with Crippen molar-refractivity contribution in [1.82, 2.24) is 26.9 Å². The van der Waals surface area contributed by atoms with Crippen LogP contribution in [0.4, 0.5) is 0 Å². The Morgan fingerprint density at radius 3 is 1.15 bits per heavy atom. The molecule has 6 atom stereocenters. The summed E-state index contributed by atoms with van der Waals surface area (Å²) in [4.78, 5) is 51.8. The van der Waals surface area contributed by atoms with Gasteiger partial charge in [-0.05, 0) is 78.6 Å². The number of rotatable bonds is 6. The Labute approximate surface area is 362 Å². The van der Waals surface area contributed by atoms with E-state index in [0.717, 1.165) is 20.3 Å². The van der Waals surface area contributed by atoms with Crippen LogP contribution in [0.5, 0.6) is 11.8 Å². The molecule has 2 aromatic carbocycles. The minimum Gasteiger partial charge on any atom is -0.472 e. The Balaban J connectivity index is 0.000000186. The minimum atomic E-state index is -3.77. The lowest BCUT2D eigenvalue weighted by atomic mass is 9.74. The molecular formula is C44H58N6O10S2. The van der Waals surface area contributed by atoms with E-state index in [1.165, 1.54) is 31.8 Å². The molecule has 4 aromatic rings. The Morgan fingerprint density at radius 1 is 0.548 bits per heavy atom. The van der Waals surface area contributed by atoms with Crippen LogP contribution in [0.3, 0.4) is 0 Å². The number of fused-ring (bicyclic) bond motifs is 6. The quantitative estimate of drug-likeness (QED) is 0.278. The maximum absolute atomic E-state index is 13.6. The molecule has 0 N–H and O–H groups in total. The van der Waals surface area contributed by atoms with Crippen LogP contribution in [0.15, 0.2) is 77.5 Å². The van der Waals surface area contributed by atoms with Crippen molar-refractivity contribution in [2.24, 2.45) is 40.0 Å². The lowest BCUT2D eigenvalue weighted by molar-refractivity contribution is 0.0123. The highest BCUT2D eigenvalue weighted by Gasteiger charge is 2.59. The van der Waals surface area contributed by atoms with Crippen LogP contribution in [0.1, 0.15) is 88.5 Å². The summed E-state index contributed by atoms with van der Waals surface area (Å²) in [6, 6.07) is 12.8. The van der Waals surface area contributed by atoms with E-state index in [1.54, 1.807) is 62.6 Å². The van der Waals surface area contributed by atoms with Gasteiger partial charge < -0.3 is 9.47 Å². The fourth-order valence-electron chi connectivity index (χ4n) is 10.2. The highest BCUT2D eigenvalue weighted by molar-refractivity contribution is 7.89. The Hall–Kier alpha value is -4.78. The van der Waals surface area contributed by atoms with E-state index < -0.39 is 65.8 Å². The molecule has 2 fully saturated rings. The summed E-state index contributed by atoms with van der Waals surface area (Å²) in [6.07, 6.45) is 1.07. The Kier molecular flexibility index (Phi) is 11.3. The first-order chi connectivity index (χ1) is 28.8. The van der Waals surface area contributed by atoms with Gasteiger partial charge in [0.15, 0.2) is 0 Å². The van der Waals surface area contributed by atoms with E-state index in [1.807, 2.05) is 55.4 Å². The first kappa shape index (κ1) is 45.3. The van der Waals surface area contributed by atoms with Gasteiger partial charge in [0.2, 0.25) is 31.8 Å². The molecule has 0 amide bonds. The summed E-state index contributed by atoms with van der Waals surface area (Å²) < 4.78 is 74.7. The molecule has 0 aliphatic carbocycles. The topological polar surface area (TPSA) is 181 Å². The third-order valence-corrected chi connectivity index (χ3v) is 17.6. The molecule has 0 bridgehead atoms. The third kappa shape index (κ3) is 6.91. The molecule has 2 aromatic heterocycles. The van der Waals surface area contributed by atoms with E-state index in [4.69, 9.17) is 9.47 Å². The largest absolute Gasteiger partial charge is 0.472 e. The zero-order valence-corrected chi connectivity index (χ0v) is 39.1. The molecule has 0 saturated carbocycles. The van der Waals surface area contributed by atoms with Gasteiger partial charge in [0.25, 0.3) is 11.1 Å². The van der Waals surface area contributed by atoms with Gasteiger partial charge in [0.05, 0.1) is 20.9 Å². The molecule has 336 valence electrons. The molecular weight excluding hydrogens is 837 g/mol. The predicted octanol–water partition coefficient (Wildman–Crippen LogP) is 3.49. The molecule has 4 aliphatic rings. The summed E-state index contributed by atoms with van der Waals surface area (Å²) in [5, 5.41) is 0. The van der Waals surface area contributed by atoms with E-state index >= 15 is 0 Å². The first-order valence-electron chi connectivity index (χ1n) is 21.0. The molecule has 2 saturated heterocycles. The molecule has 0 unspecified atom stereocenters. The van der Waals surface area contributed by atoms with Crippen molar-refractivity contribution in [3.05, 3.63) is 112 Å². The smallest absolute Gasteiger partial charge is 0.333 e. The second-order valence-electron chi connectivity index (χ2n) is 18.3. The van der Waals surface area contributed by atoms with Gasteiger partial charge in [0.1, 0.15) is 11.2 Å². The fourth-order valence-corrected chi connectivity index (χ4v) is 13.7. The highest BCUT2D eigenvalue weighted by atomic mass is 32.2. The number of ether oxygens (including phenoxy) is 2. The van der Waals surface area contributed by atoms with Gasteiger partial charge in [-0.25, -0.2) is 26.4 Å². The van der Waals surface area contributed by atoms with Gasteiger partial charge in [-0.15, -0.1) is 0 Å². The fraction of sp³-hybridized carbons (Fsp3) is 0.545. The Morgan fingerprint density at radius 2 is 0.855 bits per heavy atom. The van der Waals surface area contributed by atoms with Gasteiger partial charge in [-0.1, -0.05) is 49.2 Å². The van der Waals surface area contributed by atoms with Crippen molar-refractivity contribution in [2.45, 2.75) is 113 Å². The zero-order valence-electron chi connectivity index (χ0n) is 37.5. The predicted molar refractivity (Wildman–Crippen MR) is 234 cm³/mol. The van der Waals surface area contributed by atoms with Crippen LogP contribution < -0.4 is 32.0 Å². The molecule has 4 aliphatic heterocycles. The van der Waals surface area contributed by atoms with Crippen molar-refractivity contribution >= 4 is 20.0 Å². The van der Waals surface area contributed by atoms with Gasteiger partial charge in [-0.3, -0.25) is 27.9 Å². The average molecular weight is 895 g/mol. The number of nitrogens with zero attached hydrogens (tertiary/aromatic N) is 6. The monoisotopic (exact) mass is 894 g/mol. The Bertz CT molecular complexity index is 2710. The number of sulfonamides is 2. The van der Waals surface area contributed by atoms with Crippen LogP contribution in [0.25, 0.3) is 0 Å². The van der Waals surface area contributed by atoms with Crippen LogP contribution in [-0.2, 0) is 48.2 Å². The van der Waals surface area contributed by atoms with E-state index in [2.05, 4.69) is 0 Å². The van der Waals surface area contributed by atoms with Gasteiger partial charge >= 0.3 is 11.4 Å². The number of aromatic nitrogens is 4. The van der Waals surface area contributed by atoms with Crippen LogP contribution >= 0.6 is 0 Å². The second kappa shape index (κ2) is 15.5. The summed E-state index contributed by atoms with van der Waals surface area (Å²) >= 11 is 0. The molecule has 8 rings (SSSR count). The summed E-state index contributed by atoms with van der Waals surface area (Å²) in [6.45, 7) is 15.7. The normalized spacial score (nSPS) is 25.0. The van der Waals surface area contributed by atoms with Crippen LogP contribution in [-0.4, -0.2) is 80.1 Å². The minimum absolute atomic E-state index is 0.227. The number of hydrogen-bond donors (Lipinski definition) is 0. The molecule has 6 heterocycles. The van der Waals surface area contributed by atoms with Crippen molar-refractivity contribution in [1.29, 1.82) is 0 Å². The lowest BCUT2D eigenvalue weighted by Gasteiger charge is -2.42. The number of hydrogen-bond acceptors (Lipinski definition) is 10. The molecule has 0 spiro atoms. The molecule has 18 heteroatoms. The van der Waals surface area contributed by atoms with E-state index in [-0.39, 0.29) is 58.3 Å². The average Bonchev–Trinajstić information content (AvgIpc) is 3.83. The van der Waals surface area contributed by atoms with Gasteiger partial charge in [0, 0.05) is 77.0 Å². The number of aryl methyl sites for hydroxylation is 2. The third-order valence-electron chi connectivity index (χ3n) is 13.7. The molecule has 16 nitrogen and oxygen atoms in total. The first-order valence-corrected chi connectivity index (χ1v) is 23.9. The second-order valence-corrected chi connectivity index (χ2v) is 22.0. The molecule has 0 radical (unpaired) electrons. The van der Waals surface area contributed by atoms with Crippen molar-refractivity contribution in [3.8, 4) is 11.8 Å². The summed E-state index contributed by atoms with van der Waals surface area (Å²) in [5.41, 5.74) is -0.527. The molecule has 62 heavy (non-hydrogen) atoms. The highest BCUT2D eigenvalue weighted by Crippen LogP contribution is 2.53. The van der Waals surface area contributed by atoms with Gasteiger partial charge in [-0.2, -0.15) is 8.61 Å². The zero-order chi connectivity index (χ0) is 45.8. The van der Waals surface area contributed by atoms with Crippen molar-refractivity contribution in [2.75, 3.05) is 13.1 Å². The van der Waals surface area contributed by atoms with Crippen LogP contribution in [0, 0.1) is 25.7 Å². The van der Waals surface area contributed by atoms with Crippen LogP contribution in [0.2, 0.25) is 0 Å². The van der Waals surface area contributed by atoms with E-state index in [0.29, 0.717) is 24.0 Å². The maximum Gasteiger partial charge on any atom is 0.333 e. The summed E-state index contributed by atoms with van der Waals surface area (Å²) in [5.74, 6) is -0.700. The standard InChI is InChI=1S/2C22H29N3O5S/c2*1-7-16-17-15(12-25(16)31(28,29)14-10-8-13(2)9-11-14)22(3,4)30-20-18(17)19(26)23(5)21(27)24(20)6/h2*8-11,15-17H,7,12H2,1-6H3/t2*15-,16-,17+/m00/s1. The van der Waals surface area contributed by atoms with Crippen molar-refractivity contribution in [3.63, 3.8) is 0 Å². The lowest BCUT2D eigenvalue weighted by Crippen LogP contribution is -2.51. The number of benzene rings is 2. The maximum atomic E-state index is 13.6. The summed E-state index contributed by atoms with van der Waals surface area (Å²) in [7, 11) is -1.50. The van der Waals surface area contributed by atoms with E-state index in [9.17, 15) is 36.0 Å². The van der Waals surface area contributed by atoms with Crippen molar-refractivity contribution < 1.29 is 26.3 Å². The SMILES string of the molecule is CC[C@H]1[C@@H]2c3c(n(C)c(=O)n(C)c3=O)OC(C)(C)[C@H]2CN1S(=O)(=O)c1ccc(C)cc1.CC[C@H]1[C@@H]2c3c(n(C)c(=O)n(C)c3=O)OC(C)(C)[C@H]2CN1S(=O)(=O)c1ccc(C)cc1.